The first-order chi connectivity index (χ1) is 24.7. The van der Waals surface area contributed by atoms with Gasteiger partial charge in [0.05, 0.1) is 51.0 Å². The van der Waals surface area contributed by atoms with Gasteiger partial charge in [0, 0.05) is 47.1 Å². The number of thiophene rings is 1. The molecular weight excluding hydrogens is 633 g/mol. The molecule has 230 valence electrons. The van der Waals surface area contributed by atoms with E-state index in [4.69, 9.17) is 11.0 Å². The molecule has 0 radical (unpaired) electrons. The van der Waals surface area contributed by atoms with Crippen molar-refractivity contribution in [3.8, 4) is 17.4 Å². The second-order valence-corrected chi connectivity index (χ2v) is 13.8. The molecule has 0 spiro atoms. The lowest BCUT2D eigenvalue weighted by molar-refractivity contribution is 0.673. The van der Waals surface area contributed by atoms with Gasteiger partial charge in [-0.15, -0.1) is 11.3 Å². The van der Waals surface area contributed by atoms with E-state index in [9.17, 15) is 5.26 Å². The third-order valence-corrected chi connectivity index (χ3v) is 11.3. The smallest absolute Gasteiger partial charge is 0.212 e. The summed E-state index contributed by atoms with van der Waals surface area (Å²) in [6, 6.07) is 48.2. The van der Waals surface area contributed by atoms with Crippen LogP contribution in [0.2, 0.25) is 0 Å². The Kier molecular flexibility index (Phi) is 5.34. The van der Waals surface area contributed by atoms with Gasteiger partial charge in [0.2, 0.25) is 5.69 Å². The molecular formula is C44H22N4OS. The zero-order chi connectivity index (χ0) is 33.1. The predicted octanol–water partition coefficient (Wildman–Crippen LogP) is 12.6. The van der Waals surface area contributed by atoms with E-state index >= 15 is 0 Å². The van der Waals surface area contributed by atoms with Gasteiger partial charge in [0.25, 0.3) is 0 Å². The largest absolute Gasteiger partial charge is 0.455 e. The zero-order valence-electron chi connectivity index (χ0n) is 26.3. The van der Waals surface area contributed by atoms with Crippen LogP contribution in [0.15, 0.2) is 138 Å². The van der Waals surface area contributed by atoms with Gasteiger partial charge in [-0.2, -0.15) is 5.26 Å². The number of hydrogen-bond acceptors (Lipinski definition) is 3. The van der Waals surface area contributed by atoms with Crippen LogP contribution in [0.4, 0.5) is 5.69 Å². The van der Waals surface area contributed by atoms with E-state index < -0.39 is 0 Å². The summed E-state index contributed by atoms with van der Waals surface area (Å²) < 4.78 is 13.2. The molecule has 50 heavy (non-hydrogen) atoms. The van der Waals surface area contributed by atoms with E-state index in [2.05, 4.69) is 105 Å². The van der Waals surface area contributed by atoms with Crippen molar-refractivity contribution in [3.05, 3.63) is 150 Å². The Morgan fingerprint density at radius 1 is 0.560 bits per heavy atom. The van der Waals surface area contributed by atoms with Crippen LogP contribution in [0.1, 0.15) is 5.56 Å². The summed E-state index contributed by atoms with van der Waals surface area (Å²) in [7, 11) is 0. The minimum Gasteiger partial charge on any atom is -0.455 e. The van der Waals surface area contributed by atoms with Crippen LogP contribution in [0.5, 0.6) is 0 Å². The molecule has 0 saturated carbocycles. The molecule has 0 saturated heterocycles. The molecule has 0 aliphatic rings. The van der Waals surface area contributed by atoms with E-state index in [1.54, 1.807) is 11.3 Å². The van der Waals surface area contributed by atoms with Crippen molar-refractivity contribution < 1.29 is 4.42 Å². The Hall–Kier alpha value is -6.86. The Morgan fingerprint density at radius 3 is 2.08 bits per heavy atom. The van der Waals surface area contributed by atoms with Crippen LogP contribution >= 0.6 is 11.3 Å². The lowest BCUT2D eigenvalue weighted by Crippen LogP contribution is -2.01. The Bertz CT molecular complexity index is 3300. The number of nitriles is 1. The summed E-state index contributed by atoms with van der Waals surface area (Å²) in [4.78, 5) is 4.11. The maximum absolute atomic E-state index is 10.8. The SMILES string of the molecule is [C-]#[N+]c1cc(-n2c3ccccc3c3cc4c(cc32)sc2ccccc24)c(C#N)cc1-n1c2ccccc2c2c3oc4ccccc4c3ccc21. The summed E-state index contributed by atoms with van der Waals surface area (Å²) in [5.74, 6) is 0. The molecule has 0 aliphatic carbocycles. The first-order valence-electron chi connectivity index (χ1n) is 16.4. The fraction of sp³-hybridized carbons (Fsp3) is 0. The average Bonchev–Trinajstić information content (AvgIpc) is 3.90. The highest BCUT2D eigenvalue weighted by Crippen LogP contribution is 2.45. The normalized spacial score (nSPS) is 12.0. The number of hydrogen-bond donors (Lipinski definition) is 0. The molecule has 5 nitrogen and oxygen atoms in total. The fourth-order valence-corrected chi connectivity index (χ4v) is 9.17. The van der Waals surface area contributed by atoms with Crippen LogP contribution in [0.25, 0.3) is 102 Å². The van der Waals surface area contributed by atoms with Crippen molar-refractivity contribution in [1.29, 1.82) is 5.26 Å². The molecule has 0 atom stereocenters. The molecule has 0 amide bonds. The molecule has 11 aromatic rings. The number of aromatic nitrogens is 2. The van der Waals surface area contributed by atoms with E-state index in [0.717, 1.165) is 65.6 Å². The van der Waals surface area contributed by atoms with Gasteiger partial charge in [-0.1, -0.05) is 72.8 Å². The van der Waals surface area contributed by atoms with Crippen LogP contribution in [0.3, 0.4) is 0 Å². The van der Waals surface area contributed by atoms with Crippen molar-refractivity contribution in [2.45, 2.75) is 0 Å². The number of nitrogens with zero attached hydrogens (tertiary/aromatic N) is 4. The first kappa shape index (κ1) is 27.1. The first-order valence-corrected chi connectivity index (χ1v) is 17.2. The second-order valence-electron chi connectivity index (χ2n) is 12.7. The molecule has 4 aromatic heterocycles. The molecule has 0 fully saturated rings. The standard InChI is InChI=1S/C44H22N4OS/c1-46-33-22-37(48-34-14-6-2-10-26(34)31-21-32-28-12-5-9-17-41(28)50-42(32)23-38(31)48)25(24-45)20-39(33)47-35-15-7-3-13-30(35)43-36(47)19-18-29-27-11-4-8-16-40(27)49-44(29)43/h2-23H. The molecule has 0 aliphatic heterocycles. The van der Waals surface area contributed by atoms with Crippen molar-refractivity contribution in [1.82, 2.24) is 9.13 Å². The third kappa shape index (κ3) is 3.47. The number of rotatable bonds is 2. The number of para-hydroxylation sites is 3. The number of benzene rings is 7. The van der Waals surface area contributed by atoms with Gasteiger partial charge >= 0.3 is 0 Å². The Balaban J connectivity index is 1.22. The Morgan fingerprint density at radius 2 is 1.26 bits per heavy atom. The third-order valence-electron chi connectivity index (χ3n) is 10.2. The molecule has 11 rings (SSSR count). The van der Waals surface area contributed by atoms with Crippen LogP contribution < -0.4 is 0 Å². The topological polar surface area (TPSA) is 51.1 Å². The molecule has 0 unspecified atom stereocenters. The molecule has 7 aromatic carbocycles. The van der Waals surface area contributed by atoms with Crippen molar-refractivity contribution in [3.63, 3.8) is 0 Å². The fourth-order valence-electron chi connectivity index (χ4n) is 8.05. The Labute approximate surface area is 288 Å². The average molecular weight is 655 g/mol. The number of furan rings is 1. The summed E-state index contributed by atoms with van der Waals surface area (Å²) in [6.07, 6.45) is 0. The highest BCUT2D eigenvalue weighted by Gasteiger charge is 2.23. The van der Waals surface area contributed by atoms with Crippen LogP contribution in [0, 0.1) is 17.9 Å². The van der Waals surface area contributed by atoms with Crippen LogP contribution in [-0.4, -0.2) is 9.13 Å². The highest BCUT2D eigenvalue weighted by molar-refractivity contribution is 7.25. The van der Waals surface area contributed by atoms with Gasteiger partial charge in [-0.05, 0) is 60.7 Å². The quantitative estimate of drug-likeness (QED) is 0.174. The maximum atomic E-state index is 10.8. The minimum absolute atomic E-state index is 0.459. The highest BCUT2D eigenvalue weighted by atomic mass is 32.1. The van der Waals surface area contributed by atoms with E-state index in [-0.39, 0.29) is 0 Å². The molecule has 6 heteroatoms. The van der Waals surface area contributed by atoms with Crippen molar-refractivity contribution >= 4 is 103 Å². The lowest BCUT2D eigenvalue weighted by Gasteiger charge is -2.16. The van der Waals surface area contributed by atoms with Gasteiger partial charge in [0.15, 0.2) is 0 Å². The van der Waals surface area contributed by atoms with Crippen molar-refractivity contribution in [2.75, 3.05) is 0 Å². The van der Waals surface area contributed by atoms with E-state index in [0.29, 0.717) is 22.6 Å². The molecule has 0 N–H and O–H groups in total. The predicted molar refractivity (Wildman–Crippen MR) is 206 cm³/mol. The van der Waals surface area contributed by atoms with E-state index in [1.165, 1.54) is 20.2 Å². The van der Waals surface area contributed by atoms with Gasteiger partial charge < -0.3 is 13.6 Å². The second kappa shape index (κ2) is 9.84. The van der Waals surface area contributed by atoms with Gasteiger partial charge in [0.1, 0.15) is 17.2 Å². The van der Waals surface area contributed by atoms with Crippen molar-refractivity contribution in [2.24, 2.45) is 0 Å². The van der Waals surface area contributed by atoms with Crippen LogP contribution in [-0.2, 0) is 0 Å². The maximum Gasteiger partial charge on any atom is 0.212 e. The zero-order valence-corrected chi connectivity index (χ0v) is 27.1. The van der Waals surface area contributed by atoms with Gasteiger partial charge in [-0.3, -0.25) is 0 Å². The summed E-state index contributed by atoms with van der Waals surface area (Å²) in [6.45, 7) is 8.46. The summed E-state index contributed by atoms with van der Waals surface area (Å²) in [5, 5.41) is 19.6. The summed E-state index contributed by atoms with van der Waals surface area (Å²) in [5.41, 5.74) is 7.82. The molecule has 4 heterocycles. The van der Waals surface area contributed by atoms with Gasteiger partial charge in [-0.25, -0.2) is 4.85 Å². The molecule has 0 bridgehead atoms. The monoisotopic (exact) mass is 654 g/mol. The summed E-state index contributed by atoms with van der Waals surface area (Å²) >= 11 is 1.77. The lowest BCUT2D eigenvalue weighted by atomic mass is 10.1. The number of fused-ring (bicyclic) bond motifs is 13. The van der Waals surface area contributed by atoms with E-state index in [1.807, 2.05) is 48.5 Å². The minimum atomic E-state index is 0.459.